The number of hydrogen-bond donors (Lipinski definition) is 1. The summed E-state index contributed by atoms with van der Waals surface area (Å²) in [5, 5.41) is 9.36. The molecule has 1 N–H and O–H groups in total. The zero-order valence-electron chi connectivity index (χ0n) is 24.0. The molecule has 0 radical (unpaired) electrons. The van der Waals surface area contributed by atoms with Gasteiger partial charge in [-0.15, -0.1) is 0 Å². The van der Waals surface area contributed by atoms with Crippen LogP contribution >= 0.6 is 0 Å². The van der Waals surface area contributed by atoms with Gasteiger partial charge in [0.2, 0.25) is 0 Å². The molecule has 1 spiro atoms. The van der Waals surface area contributed by atoms with Crippen LogP contribution in [-0.2, 0) is 19.0 Å². The fraction of sp³-hybridized carbons (Fsp3) is 0.788. The highest BCUT2D eigenvalue weighted by Crippen LogP contribution is 2.69. The van der Waals surface area contributed by atoms with Crippen LogP contribution in [0, 0.1) is 40.4 Å². The first kappa shape index (κ1) is 28.1. The van der Waals surface area contributed by atoms with E-state index >= 15 is 0 Å². The summed E-state index contributed by atoms with van der Waals surface area (Å²) in [5.41, 5.74) is 1.13. The Morgan fingerprint density at radius 3 is 2.53 bits per heavy atom. The van der Waals surface area contributed by atoms with E-state index in [4.69, 9.17) is 14.2 Å². The van der Waals surface area contributed by atoms with E-state index in [0.717, 1.165) is 38.5 Å². The van der Waals surface area contributed by atoms with Gasteiger partial charge in [0.05, 0.1) is 18.8 Å². The third-order valence-electron chi connectivity index (χ3n) is 11.8. The summed E-state index contributed by atoms with van der Waals surface area (Å²) in [4.78, 5) is 13.5. The number of hydrogen-bond acceptors (Lipinski definition) is 5. The van der Waals surface area contributed by atoms with Crippen molar-refractivity contribution >= 4 is 5.97 Å². The molecule has 4 aliphatic carbocycles. The minimum atomic E-state index is -0.429. The normalized spacial score (nSPS) is 42.1. The lowest BCUT2D eigenvalue weighted by atomic mass is 9.43. The number of unbranched alkanes of at least 4 members (excludes halogenated alkanes) is 1. The molecule has 0 aromatic heterocycles. The van der Waals surface area contributed by atoms with Crippen LogP contribution in [0.25, 0.3) is 0 Å². The lowest BCUT2D eigenvalue weighted by molar-refractivity contribution is -0.245. The molecule has 0 aromatic rings. The van der Waals surface area contributed by atoms with Crippen LogP contribution in [0.5, 0.6) is 0 Å². The Hall–Kier alpha value is -1.43. The Kier molecular flexibility index (Phi) is 8.30. The van der Waals surface area contributed by atoms with E-state index in [9.17, 15) is 9.90 Å². The standard InChI is InChI=1S/C33H50O5/c1-5-7-10-23(6-2)30(35)38-28-21-25-22-33(36-19-20-37-33)17-16-32(25,4)27-14-15-31(3)24(11-8-9-18-34)12-13-26(31)29(27)28/h5-7,10,24-29,34H,1,8-9,11-22H2,2-4H3/b10-7-,23-6+/t24?,25-,26?,27?,28?,29?,31?,32?/m0/s1. The van der Waals surface area contributed by atoms with Crippen molar-refractivity contribution in [2.45, 2.75) is 103 Å². The number of aliphatic hydroxyl groups is 1. The summed E-state index contributed by atoms with van der Waals surface area (Å²) in [5.74, 6) is 2.05. The van der Waals surface area contributed by atoms with Crippen LogP contribution < -0.4 is 0 Å². The smallest absolute Gasteiger partial charge is 0.338 e. The lowest BCUT2D eigenvalue weighted by Gasteiger charge is -2.63. The third-order valence-corrected chi connectivity index (χ3v) is 11.8. The van der Waals surface area contributed by atoms with Gasteiger partial charge >= 0.3 is 5.97 Å². The molecule has 0 aromatic carbocycles. The maximum atomic E-state index is 13.5. The molecule has 1 heterocycles. The number of aliphatic hydroxyl groups excluding tert-OH is 1. The predicted octanol–water partition coefficient (Wildman–Crippen LogP) is 6.76. The van der Waals surface area contributed by atoms with Gasteiger partial charge in [0.1, 0.15) is 6.10 Å². The van der Waals surface area contributed by atoms with Crippen LogP contribution in [0.4, 0.5) is 0 Å². The molecule has 8 atom stereocenters. The van der Waals surface area contributed by atoms with Gasteiger partial charge in [-0.25, -0.2) is 4.79 Å². The number of carbonyl (C=O) groups is 1. The quantitative estimate of drug-likeness (QED) is 0.164. The zero-order valence-corrected chi connectivity index (χ0v) is 24.0. The van der Waals surface area contributed by atoms with Crippen LogP contribution in [0.3, 0.4) is 0 Å². The van der Waals surface area contributed by atoms with E-state index in [0.29, 0.717) is 53.8 Å². The van der Waals surface area contributed by atoms with E-state index in [2.05, 4.69) is 20.4 Å². The predicted molar refractivity (Wildman–Crippen MR) is 149 cm³/mol. The average molecular weight is 527 g/mol. The maximum absolute atomic E-state index is 13.5. The van der Waals surface area contributed by atoms with E-state index in [1.165, 1.54) is 32.1 Å². The number of allylic oxidation sites excluding steroid dienone is 3. The first-order valence-electron chi connectivity index (χ1n) is 15.4. The fourth-order valence-electron chi connectivity index (χ4n) is 9.77. The number of ether oxygens (including phenoxy) is 3. The zero-order chi connectivity index (χ0) is 27.0. The molecule has 0 amide bonds. The van der Waals surface area contributed by atoms with Gasteiger partial charge in [-0.1, -0.05) is 45.1 Å². The molecule has 7 unspecified atom stereocenters. The van der Waals surface area contributed by atoms with Crippen molar-refractivity contribution in [1.29, 1.82) is 0 Å². The molecule has 1 aliphatic heterocycles. The molecule has 5 heteroatoms. The lowest BCUT2D eigenvalue weighted by Crippen LogP contribution is -2.60. The van der Waals surface area contributed by atoms with Crippen LogP contribution in [0.15, 0.2) is 36.5 Å². The van der Waals surface area contributed by atoms with E-state index < -0.39 is 5.79 Å². The first-order valence-corrected chi connectivity index (χ1v) is 15.4. The van der Waals surface area contributed by atoms with Crippen molar-refractivity contribution in [2.75, 3.05) is 19.8 Å². The molecule has 5 rings (SSSR count). The summed E-state index contributed by atoms with van der Waals surface area (Å²) < 4.78 is 18.9. The minimum absolute atomic E-state index is 0.0741. The van der Waals surface area contributed by atoms with Crippen molar-refractivity contribution in [3.8, 4) is 0 Å². The highest BCUT2D eigenvalue weighted by Gasteiger charge is 2.65. The third kappa shape index (κ3) is 4.86. The van der Waals surface area contributed by atoms with E-state index in [-0.39, 0.29) is 24.1 Å². The van der Waals surface area contributed by atoms with Crippen molar-refractivity contribution in [1.82, 2.24) is 0 Å². The second-order valence-corrected chi connectivity index (χ2v) is 13.4. The minimum Gasteiger partial charge on any atom is -0.458 e. The molecule has 38 heavy (non-hydrogen) atoms. The summed E-state index contributed by atoms with van der Waals surface area (Å²) >= 11 is 0. The largest absolute Gasteiger partial charge is 0.458 e. The van der Waals surface area contributed by atoms with Crippen LogP contribution in [0.2, 0.25) is 0 Å². The van der Waals surface area contributed by atoms with Crippen LogP contribution in [-0.4, -0.2) is 42.8 Å². The number of rotatable bonds is 8. The SMILES string of the molecule is C=C/C=C\C(=C/C)C(=O)OC1C[C@H]2CC3(CCC2(C)C2CCC4(C)C(CCCCO)CCC4C12)OCCO3. The fourth-order valence-corrected chi connectivity index (χ4v) is 9.77. The summed E-state index contributed by atoms with van der Waals surface area (Å²) in [6, 6.07) is 0. The second-order valence-electron chi connectivity index (χ2n) is 13.4. The molecule has 0 bridgehead atoms. The van der Waals surface area contributed by atoms with Gasteiger partial charge in [-0.3, -0.25) is 0 Å². The Bertz CT molecular complexity index is 932. The average Bonchev–Trinajstić information content (AvgIpc) is 3.50. The van der Waals surface area contributed by atoms with E-state index in [1.807, 2.05) is 25.2 Å². The summed E-state index contributed by atoms with van der Waals surface area (Å²) in [7, 11) is 0. The molecule has 5 fully saturated rings. The maximum Gasteiger partial charge on any atom is 0.338 e. The Morgan fingerprint density at radius 2 is 1.82 bits per heavy atom. The molecule has 1 saturated heterocycles. The molecular weight excluding hydrogens is 476 g/mol. The second kappa shape index (κ2) is 11.2. The van der Waals surface area contributed by atoms with Gasteiger partial charge in [-0.05, 0) is 98.9 Å². The molecule has 5 nitrogen and oxygen atoms in total. The molecular formula is C33H50O5. The number of fused-ring (bicyclic) bond motifs is 5. The molecule has 4 saturated carbocycles. The van der Waals surface area contributed by atoms with Gasteiger partial charge in [0.15, 0.2) is 5.79 Å². The number of esters is 1. The van der Waals surface area contributed by atoms with Gasteiger partial charge < -0.3 is 19.3 Å². The highest BCUT2D eigenvalue weighted by atomic mass is 16.7. The first-order chi connectivity index (χ1) is 18.3. The summed E-state index contributed by atoms with van der Waals surface area (Å²) in [6.07, 6.45) is 19.2. The highest BCUT2D eigenvalue weighted by molar-refractivity contribution is 5.91. The number of carbonyl (C=O) groups excluding carboxylic acids is 1. The van der Waals surface area contributed by atoms with Gasteiger partial charge in [0.25, 0.3) is 0 Å². The van der Waals surface area contributed by atoms with E-state index in [1.54, 1.807) is 6.08 Å². The monoisotopic (exact) mass is 526 g/mol. The van der Waals surface area contributed by atoms with Crippen molar-refractivity contribution in [3.05, 3.63) is 36.5 Å². The molecule has 5 aliphatic rings. The van der Waals surface area contributed by atoms with Crippen molar-refractivity contribution in [3.63, 3.8) is 0 Å². The topological polar surface area (TPSA) is 65.0 Å². The van der Waals surface area contributed by atoms with Crippen LogP contribution in [0.1, 0.15) is 91.4 Å². The molecule has 212 valence electrons. The van der Waals surface area contributed by atoms with Crippen molar-refractivity contribution in [2.24, 2.45) is 40.4 Å². The van der Waals surface area contributed by atoms with Gasteiger partial charge in [-0.2, -0.15) is 0 Å². The summed E-state index contributed by atoms with van der Waals surface area (Å²) in [6.45, 7) is 12.4. The Labute approximate surface area is 230 Å². The Balaban J connectivity index is 1.44. The Morgan fingerprint density at radius 1 is 1.05 bits per heavy atom. The van der Waals surface area contributed by atoms with Crippen molar-refractivity contribution < 1.29 is 24.1 Å². The van der Waals surface area contributed by atoms with Gasteiger partial charge in [0, 0.05) is 25.4 Å².